The maximum Gasteiger partial charge on any atom is 0.219 e. The molecule has 0 bridgehead atoms. The van der Waals surface area contributed by atoms with E-state index in [2.05, 4.69) is 33.1 Å². The molecule has 0 atom stereocenters. The minimum absolute atomic E-state index is 0.433. The van der Waals surface area contributed by atoms with Crippen LogP contribution >= 0.6 is 11.6 Å². The van der Waals surface area contributed by atoms with Crippen molar-refractivity contribution in [1.29, 1.82) is 0 Å². The monoisotopic (exact) mass is 492 g/mol. The van der Waals surface area contributed by atoms with E-state index in [-0.39, 0.29) is 0 Å². The fourth-order valence-corrected chi connectivity index (χ4v) is 4.22. The highest BCUT2D eigenvalue weighted by molar-refractivity contribution is 6.30. The van der Waals surface area contributed by atoms with E-state index in [4.69, 9.17) is 26.1 Å². The molecule has 2 aromatic heterocycles. The lowest BCUT2D eigenvalue weighted by molar-refractivity contribution is -0.0312. The maximum absolute atomic E-state index is 10.6. The molecule has 2 N–H and O–H groups in total. The largest absolute Gasteiger partial charge is 0.439 e. The third-order valence-corrected chi connectivity index (χ3v) is 6.11. The van der Waals surface area contributed by atoms with Crippen LogP contribution in [0, 0.1) is 5.92 Å². The van der Waals surface area contributed by atoms with Gasteiger partial charge in [-0.25, -0.2) is 9.97 Å². The number of anilines is 1. The Bertz CT molecular complexity index is 1290. The smallest absolute Gasteiger partial charge is 0.219 e. The first-order valence-corrected chi connectivity index (χ1v) is 12.1. The molecule has 1 aliphatic heterocycles. The van der Waals surface area contributed by atoms with E-state index in [1.54, 1.807) is 18.3 Å². The minimum Gasteiger partial charge on any atom is -0.439 e. The summed E-state index contributed by atoms with van der Waals surface area (Å²) in [5, 5.41) is 14.6. The van der Waals surface area contributed by atoms with Crippen LogP contribution in [0.15, 0.2) is 60.8 Å². The second-order valence-corrected chi connectivity index (χ2v) is 10.1. The van der Waals surface area contributed by atoms with Crippen LogP contribution in [-0.2, 0) is 24.2 Å². The van der Waals surface area contributed by atoms with Gasteiger partial charge in [-0.15, -0.1) is 0 Å². The molecule has 1 fully saturated rings. The van der Waals surface area contributed by atoms with E-state index >= 15 is 0 Å². The average molecular weight is 493 g/mol. The number of hydrogen-bond donors (Lipinski definition) is 2. The molecule has 0 amide bonds. The third-order valence-electron chi connectivity index (χ3n) is 5.89. The zero-order valence-corrected chi connectivity index (χ0v) is 20.6. The lowest BCUT2D eigenvalue weighted by atomic mass is 9.98. The van der Waals surface area contributed by atoms with Gasteiger partial charge in [-0.3, -0.25) is 0 Å². The molecule has 3 heterocycles. The summed E-state index contributed by atoms with van der Waals surface area (Å²) in [5.74, 6) is 2.50. The highest BCUT2D eigenvalue weighted by Crippen LogP contribution is 2.27. The fraction of sp³-hybridized carbons (Fsp3) is 0.333. The summed E-state index contributed by atoms with van der Waals surface area (Å²) in [6, 6.07) is 17.7. The topological polar surface area (TPSA) is 81.4 Å². The first-order valence-electron chi connectivity index (χ1n) is 11.7. The van der Waals surface area contributed by atoms with Gasteiger partial charge in [-0.2, -0.15) is 0 Å². The van der Waals surface area contributed by atoms with Crippen LogP contribution in [0.3, 0.4) is 0 Å². The number of hydrogen-bond acceptors (Lipinski definition) is 6. The number of ether oxygens (including phenoxy) is 2. The molecule has 4 aromatic rings. The molecule has 0 unspecified atom stereocenters. The summed E-state index contributed by atoms with van der Waals surface area (Å²) in [6.45, 7) is 6.30. The number of halogens is 1. The molecule has 0 radical (unpaired) electrons. The molecule has 0 spiro atoms. The van der Waals surface area contributed by atoms with Crippen LogP contribution in [0.1, 0.15) is 25.0 Å². The standard InChI is InChI=1S/C27H29ClN4O3/c1-27(2,33)17-32-24-12-19(11-20-15-34-16-20)5-9-23(24)31-26(32)30-13-18-3-7-22(8-4-18)35-25-10-6-21(28)14-29-25/h3-10,12,14,20,33H,11,13,15-17H2,1-2H3,(H,30,31). The number of imidazole rings is 1. The third kappa shape index (κ3) is 5.93. The Hall–Kier alpha value is -3.13. The van der Waals surface area contributed by atoms with E-state index in [9.17, 15) is 5.11 Å². The van der Waals surface area contributed by atoms with Gasteiger partial charge in [0.1, 0.15) is 5.75 Å². The quantitative estimate of drug-likeness (QED) is 0.323. The lowest BCUT2D eigenvalue weighted by Crippen LogP contribution is -2.29. The second kappa shape index (κ2) is 9.85. The molecule has 5 rings (SSSR count). The number of nitrogens with one attached hydrogen (secondary N) is 1. The van der Waals surface area contributed by atoms with Crippen LogP contribution in [-0.4, -0.2) is 38.5 Å². The zero-order chi connectivity index (χ0) is 24.4. The van der Waals surface area contributed by atoms with Crippen molar-refractivity contribution in [3.63, 3.8) is 0 Å². The van der Waals surface area contributed by atoms with Crippen molar-refractivity contribution in [2.75, 3.05) is 18.5 Å². The van der Waals surface area contributed by atoms with Crippen molar-refractivity contribution >= 4 is 28.6 Å². The number of aromatic nitrogens is 3. The molecular weight excluding hydrogens is 464 g/mol. The van der Waals surface area contributed by atoms with Crippen molar-refractivity contribution in [1.82, 2.24) is 14.5 Å². The minimum atomic E-state index is -0.878. The normalized spacial score (nSPS) is 14.2. The number of benzene rings is 2. The predicted octanol–water partition coefficient (Wildman–Crippen LogP) is 5.45. The highest BCUT2D eigenvalue weighted by atomic mass is 35.5. The molecule has 1 saturated heterocycles. The number of fused-ring (bicyclic) bond motifs is 1. The first kappa shape index (κ1) is 23.6. The summed E-state index contributed by atoms with van der Waals surface area (Å²) in [7, 11) is 0. The van der Waals surface area contributed by atoms with E-state index in [1.807, 2.05) is 38.1 Å². The fourth-order valence-electron chi connectivity index (χ4n) is 4.11. The average Bonchev–Trinajstić information content (AvgIpc) is 3.12. The van der Waals surface area contributed by atoms with E-state index in [0.29, 0.717) is 35.7 Å². The van der Waals surface area contributed by atoms with Crippen molar-refractivity contribution in [2.45, 2.75) is 39.0 Å². The second-order valence-electron chi connectivity index (χ2n) is 9.68. The van der Waals surface area contributed by atoms with Gasteiger partial charge in [-0.1, -0.05) is 29.8 Å². The Morgan fingerprint density at radius 2 is 1.89 bits per heavy atom. The molecule has 0 saturated carbocycles. The summed E-state index contributed by atoms with van der Waals surface area (Å²) in [6.07, 6.45) is 2.55. The van der Waals surface area contributed by atoms with Crippen LogP contribution in [0.5, 0.6) is 11.6 Å². The van der Waals surface area contributed by atoms with Crippen LogP contribution < -0.4 is 10.1 Å². The Morgan fingerprint density at radius 1 is 1.11 bits per heavy atom. The maximum atomic E-state index is 10.6. The molecule has 1 aliphatic rings. The summed E-state index contributed by atoms with van der Waals surface area (Å²) >= 11 is 5.88. The molecule has 2 aromatic carbocycles. The van der Waals surface area contributed by atoms with Gasteiger partial charge in [0, 0.05) is 24.7 Å². The lowest BCUT2D eigenvalue weighted by Gasteiger charge is -2.26. The molecule has 182 valence electrons. The van der Waals surface area contributed by atoms with Crippen molar-refractivity contribution in [3.8, 4) is 11.6 Å². The zero-order valence-electron chi connectivity index (χ0n) is 19.9. The molecule has 7 nitrogen and oxygen atoms in total. The Kier molecular flexibility index (Phi) is 6.65. The number of pyridine rings is 1. The van der Waals surface area contributed by atoms with Crippen molar-refractivity contribution in [3.05, 3.63) is 76.9 Å². The van der Waals surface area contributed by atoms with Gasteiger partial charge in [0.2, 0.25) is 11.8 Å². The Morgan fingerprint density at radius 3 is 2.54 bits per heavy atom. The molecule has 35 heavy (non-hydrogen) atoms. The molecule has 8 heteroatoms. The van der Waals surface area contributed by atoms with Crippen LogP contribution in [0.25, 0.3) is 11.0 Å². The number of rotatable bonds is 9. The van der Waals surface area contributed by atoms with E-state index < -0.39 is 5.60 Å². The number of nitrogens with zero attached hydrogens (tertiary/aromatic N) is 3. The first-order chi connectivity index (χ1) is 16.8. The molecular formula is C27H29ClN4O3. The van der Waals surface area contributed by atoms with Gasteiger partial charge in [0.25, 0.3) is 0 Å². The van der Waals surface area contributed by atoms with Gasteiger partial charge < -0.3 is 24.5 Å². The van der Waals surface area contributed by atoms with Gasteiger partial charge in [-0.05, 0) is 61.7 Å². The van der Waals surface area contributed by atoms with Gasteiger partial charge in [0.15, 0.2) is 0 Å². The Balaban J connectivity index is 1.32. The molecule has 0 aliphatic carbocycles. The highest BCUT2D eigenvalue weighted by Gasteiger charge is 2.22. The Labute approximate surface area is 209 Å². The van der Waals surface area contributed by atoms with Gasteiger partial charge in [0.05, 0.1) is 41.4 Å². The van der Waals surface area contributed by atoms with E-state index in [0.717, 1.165) is 42.2 Å². The van der Waals surface area contributed by atoms with Crippen LogP contribution in [0.2, 0.25) is 5.02 Å². The summed E-state index contributed by atoms with van der Waals surface area (Å²) < 4.78 is 13.2. The SMILES string of the molecule is CC(C)(O)Cn1c(NCc2ccc(Oc3ccc(Cl)cn3)cc2)nc2ccc(CC3COC3)cc21. The van der Waals surface area contributed by atoms with Crippen LogP contribution in [0.4, 0.5) is 5.95 Å². The number of aliphatic hydroxyl groups is 1. The summed E-state index contributed by atoms with van der Waals surface area (Å²) in [5.41, 5.74) is 3.39. The summed E-state index contributed by atoms with van der Waals surface area (Å²) in [4.78, 5) is 8.98. The van der Waals surface area contributed by atoms with Gasteiger partial charge >= 0.3 is 0 Å². The predicted molar refractivity (Wildman–Crippen MR) is 137 cm³/mol. The van der Waals surface area contributed by atoms with Crippen molar-refractivity contribution < 1.29 is 14.6 Å². The van der Waals surface area contributed by atoms with E-state index in [1.165, 1.54) is 5.56 Å². The van der Waals surface area contributed by atoms with Crippen molar-refractivity contribution in [2.24, 2.45) is 5.92 Å².